The van der Waals surface area contributed by atoms with Crippen molar-refractivity contribution in [2.75, 3.05) is 0 Å². The van der Waals surface area contributed by atoms with E-state index in [-0.39, 0.29) is 0 Å². The van der Waals surface area contributed by atoms with Crippen LogP contribution >= 0.6 is 0 Å². The van der Waals surface area contributed by atoms with Crippen molar-refractivity contribution in [2.45, 2.75) is 45.4 Å². The molecular weight excluding hydrogens is 369 g/mol. The van der Waals surface area contributed by atoms with Crippen LogP contribution in [-0.4, -0.2) is 24.7 Å². The zero-order valence-corrected chi connectivity index (χ0v) is 15.4. The van der Waals surface area contributed by atoms with E-state index in [4.69, 9.17) is 0 Å². The molecule has 0 aliphatic heterocycles. The van der Waals surface area contributed by atoms with Gasteiger partial charge < -0.3 is 5.11 Å². The van der Waals surface area contributed by atoms with Crippen LogP contribution in [0.25, 0.3) is 11.3 Å². The van der Waals surface area contributed by atoms with Crippen LogP contribution in [0.1, 0.15) is 49.1 Å². The fourth-order valence-corrected chi connectivity index (χ4v) is 3.36. The van der Waals surface area contributed by atoms with Crippen molar-refractivity contribution in [3.63, 3.8) is 0 Å². The maximum absolute atomic E-state index is 13.6. The van der Waals surface area contributed by atoms with Crippen molar-refractivity contribution in [1.82, 2.24) is 19.6 Å². The summed E-state index contributed by atoms with van der Waals surface area (Å²) in [7, 11) is 0. The fourth-order valence-electron chi connectivity index (χ4n) is 3.36. The monoisotopic (exact) mass is 390 g/mol. The Morgan fingerprint density at radius 1 is 1.25 bits per heavy atom. The molecule has 0 bridgehead atoms. The molecule has 8 heteroatoms. The van der Waals surface area contributed by atoms with E-state index in [2.05, 4.69) is 10.2 Å². The van der Waals surface area contributed by atoms with Crippen molar-refractivity contribution in [1.29, 1.82) is 0 Å². The molecule has 1 aromatic carbocycles. The van der Waals surface area contributed by atoms with Crippen LogP contribution in [0.5, 0.6) is 0 Å². The molecule has 1 atom stereocenters. The fraction of sp³-hybridized carbons (Fsp3) is 0.400. The summed E-state index contributed by atoms with van der Waals surface area (Å²) in [6, 6.07) is 3.91. The second-order valence-electron chi connectivity index (χ2n) is 7.36. The van der Waals surface area contributed by atoms with Crippen LogP contribution in [0, 0.1) is 11.7 Å². The van der Waals surface area contributed by atoms with Crippen molar-refractivity contribution < 1.29 is 18.3 Å². The number of aliphatic hydroxyl groups is 1. The normalized spacial score (nSPS) is 15.4. The number of hydrogen-bond acceptors (Lipinski definition) is 3. The smallest absolute Gasteiger partial charge is 0.333 e. The average Bonchev–Trinajstić information content (AvgIpc) is 3.18. The molecule has 4 rings (SSSR count). The SMILES string of the molecule is C[C@@H](O)c1cc(F)ccc1-c1nn(C(F)F)cc1Cc1cnn(CC2CC2)c1. The predicted molar refractivity (Wildman–Crippen MR) is 97.3 cm³/mol. The largest absolute Gasteiger partial charge is 0.389 e. The zero-order valence-electron chi connectivity index (χ0n) is 15.4. The first kappa shape index (κ1) is 18.7. The van der Waals surface area contributed by atoms with Gasteiger partial charge in [-0.25, -0.2) is 9.07 Å². The van der Waals surface area contributed by atoms with Crippen molar-refractivity contribution in [3.8, 4) is 11.3 Å². The number of aromatic nitrogens is 4. The molecule has 2 aromatic heterocycles. The molecule has 2 heterocycles. The molecule has 1 N–H and O–H groups in total. The van der Waals surface area contributed by atoms with Crippen molar-refractivity contribution in [3.05, 3.63) is 59.3 Å². The number of nitrogens with zero attached hydrogens (tertiary/aromatic N) is 4. The van der Waals surface area contributed by atoms with Gasteiger partial charge in [-0.3, -0.25) is 4.68 Å². The highest BCUT2D eigenvalue weighted by molar-refractivity contribution is 5.67. The third-order valence-electron chi connectivity index (χ3n) is 4.95. The lowest BCUT2D eigenvalue weighted by Gasteiger charge is -2.12. The Hall–Kier alpha value is -2.61. The van der Waals surface area contributed by atoms with Gasteiger partial charge in [-0.05, 0) is 55.0 Å². The predicted octanol–water partition coefficient (Wildman–Crippen LogP) is 4.33. The van der Waals surface area contributed by atoms with Gasteiger partial charge in [0.1, 0.15) is 5.82 Å². The Labute approximate surface area is 160 Å². The van der Waals surface area contributed by atoms with E-state index in [0.29, 0.717) is 39.4 Å². The molecular formula is C20H21F3N4O. The summed E-state index contributed by atoms with van der Waals surface area (Å²) in [5.74, 6) is 0.175. The van der Waals surface area contributed by atoms with Crippen molar-refractivity contribution >= 4 is 0 Å². The molecule has 0 amide bonds. The van der Waals surface area contributed by atoms with Crippen molar-refractivity contribution in [2.24, 2.45) is 5.92 Å². The maximum atomic E-state index is 13.6. The number of aliphatic hydroxyl groups excluding tert-OH is 1. The molecule has 148 valence electrons. The Kier molecular flexibility index (Phi) is 4.97. The summed E-state index contributed by atoms with van der Waals surface area (Å²) < 4.78 is 42.7. The van der Waals surface area contributed by atoms with E-state index in [9.17, 15) is 18.3 Å². The van der Waals surface area contributed by atoms with Gasteiger partial charge in [-0.1, -0.05) is 0 Å². The van der Waals surface area contributed by atoms with Crippen LogP contribution in [0.3, 0.4) is 0 Å². The number of benzene rings is 1. The first-order valence-corrected chi connectivity index (χ1v) is 9.26. The standard InChI is InChI=1S/C20H21F3N4O/c1-12(28)18-7-16(21)4-5-17(18)19-15(11-27(25-19)20(22)23)6-14-8-24-26(10-14)9-13-2-3-13/h4-5,7-8,10-13,20,28H,2-3,6,9H2,1H3/t12-/m1/s1. The van der Waals surface area contributed by atoms with E-state index in [1.54, 1.807) is 6.20 Å². The van der Waals surface area contributed by atoms with Gasteiger partial charge in [0.2, 0.25) is 0 Å². The van der Waals surface area contributed by atoms with Crippen LogP contribution in [0.2, 0.25) is 0 Å². The highest BCUT2D eigenvalue weighted by Crippen LogP contribution is 2.33. The van der Waals surface area contributed by atoms with Gasteiger partial charge in [0.15, 0.2) is 0 Å². The summed E-state index contributed by atoms with van der Waals surface area (Å²) in [5, 5.41) is 18.4. The first-order chi connectivity index (χ1) is 13.4. The summed E-state index contributed by atoms with van der Waals surface area (Å²) >= 11 is 0. The summed E-state index contributed by atoms with van der Waals surface area (Å²) in [6.07, 6.45) is 6.78. The molecule has 1 fully saturated rings. The van der Waals surface area contributed by atoms with Gasteiger partial charge in [-0.15, -0.1) is 0 Å². The van der Waals surface area contributed by atoms with Gasteiger partial charge in [0.25, 0.3) is 0 Å². The van der Waals surface area contributed by atoms with Gasteiger partial charge >= 0.3 is 6.55 Å². The second kappa shape index (κ2) is 7.43. The number of halogens is 3. The molecule has 28 heavy (non-hydrogen) atoms. The lowest BCUT2D eigenvalue weighted by Crippen LogP contribution is -2.00. The third kappa shape index (κ3) is 3.96. The first-order valence-electron chi connectivity index (χ1n) is 9.26. The number of alkyl halides is 2. The Bertz CT molecular complexity index is 976. The van der Waals surface area contributed by atoms with E-state index in [1.807, 2.05) is 10.9 Å². The second-order valence-corrected chi connectivity index (χ2v) is 7.36. The average molecular weight is 390 g/mol. The zero-order chi connectivity index (χ0) is 19.8. The summed E-state index contributed by atoms with van der Waals surface area (Å²) in [5.41, 5.74) is 2.52. The van der Waals surface area contributed by atoms with Gasteiger partial charge in [-0.2, -0.15) is 19.0 Å². The molecule has 5 nitrogen and oxygen atoms in total. The Morgan fingerprint density at radius 3 is 2.71 bits per heavy atom. The molecule has 1 aliphatic carbocycles. The molecule has 3 aromatic rings. The summed E-state index contributed by atoms with van der Waals surface area (Å²) in [6.45, 7) is -0.419. The van der Waals surface area contributed by atoms with E-state index < -0.39 is 18.5 Å². The summed E-state index contributed by atoms with van der Waals surface area (Å²) in [4.78, 5) is 0. The van der Waals surface area contributed by atoms with Gasteiger partial charge in [0, 0.05) is 36.5 Å². The quantitative estimate of drug-likeness (QED) is 0.653. The molecule has 0 radical (unpaired) electrons. The highest BCUT2D eigenvalue weighted by atomic mass is 19.3. The third-order valence-corrected chi connectivity index (χ3v) is 4.95. The van der Waals surface area contributed by atoms with Crippen LogP contribution in [0.15, 0.2) is 36.8 Å². The van der Waals surface area contributed by atoms with Crippen LogP contribution < -0.4 is 0 Å². The van der Waals surface area contributed by atoms with Gasteiger partial charge in [0.05, 0.1) is 18.0 Å². The lowest BCUT2D eigenvalue weighted by molar-refractivity contribution is 0.0567. The minimum absolute atomic E-state index is 0.310. The highest BCUT2D eigenvalue weighted by Gasteiger charge is 2.23. The number of hydrogen-bond donors (Lipinski definition) is 1. The lowest BCUT2D eigenvalue weighted by atomic mass is 9.96. The number of rotatable bonds is 7. The van der Waals surface area contributed by atoms with Crippen LogP contribution in [0.4, 0.5) is 13.2 Å². The van der Waals surface area contributed by atoms with E-state index in [0.717, 1.165) is 12.1 Å². The Morgan fingerprint density at radius 2 is 2.04 bits per heavy atom. The molecule has 0 saturated heterocycles. The maximum Gasteiger partial charge on any atom is 0.333 e. The van der Waals surface area contributed by atoms with E-state index >= 15 is 0 Å². The molecule has 0 spiro atoms. The minimum atomic E-state index is -2.79. The molecule has 1 saturated carbocycles. The van der Waals surface area contributed by atoms with E-state index in [1.165, 1.54) is 44.2 Å². The Balaban J connectivity index is 1.70. The minimum Gasteiger partial charge on any atom is -0.389 e. The topological polar surface area (TPSA) is 55.9 Å². The molecule has 0 unspecified atom stereocenters. The van der Waals surface area contributed by atoms with Crippen LogP contribution in [-0.2, 0) is 13.0 Å². The molecule has 1 aliphatic rings.